The van der Waals surface area contributed by atoms with E-state index in [-0.39, 0.29) is 5.54 Å². The molecule has 4 heteroatoms. The number of hydrogen-bond donors (Lipinski definition) is 1. The van der Waals surface area contributed by atoms with Gasteiger partial charge in [0.1, 0.15) is 5.82 Å². The fraction of sp³-hybridized carbons (Fsp3) is 0.462. The summed E-state index contributed by atoms with van der Waals surface area (Å²) in [5.74, 6) is -0.393. The smallest absolute Gasteiger partial charge is 0.147 e. The number of hydrogen-bond acceptors (Lipinski definition) is 3. The molecule has 3 nitrogen and oxygen atoms in total. The molecule has 0 spiro atoms. The lowest BCUT2D eigenvalue weighted by Crippen LogP contribution is -2.43. The Hall–Kier alpha value is -1.60. The summed E-state index contributed by atoms with van der Waals surface area (Å²) >= 11 is 0. The van der Waals surface area contributed by atoms with E-state index in [1.165, 1.54) is 6.07 Å². The van der Waals surface area contributed by atoms with E-state index >= 15 is 0 Å². The van der Waals surface area contributed by atoms with Crippen molar-refractivity contribution >= 4 is 5.69 Å². The second-order valence-electron chi connectivity index (χ2n) is 4.65. The van der Waals surface area contributed by atoms with Gasteiger partial charge in [-0.3, -0.25) is 0 Å². The van der Waals surface area contributed by atoms with Crippen LogP contribution in [0.3, 0.4) is 0 Å². The Morgan fingerprint density at radius 1 is 1.53 bits per heavy atom. The molecule has 17 heavy (non-hydrogen) atoms. The molecule has 1 fully saturated rings. The van der Waals surface area contributed by atoms with E-state index < -0.39 is 5.82 Å². The summed E-state index contributed by atoms with van der Waals surface area (Å²) in [5.41, 5.74) is 0.530. The average Bonchev–Trinajstić information content (AvgIpc) is 2.32. The van der Waals surface area contributed by atoms with Gasteiger partial charge in [0.15, 0.2) is 0 Å². The molecule has 1 aromatic rings. The number of nitriles is 1. The molecule has 1 saturated heterocycles. The minimum Gasteiger partial charge on any atom is -0.379 e. The third kappa shape index (κ3) is 2.75. The molecule has 0 saturated carbocycles. The summed E-state index contributed by atoms with van der Waals surface area (Å²) in [6.07, 6.45) is 1.92. The quantitative estimate of drug-likeness (QED) is 0.855. The van der Waals surface area contributed by atoms with Gasteiger partial charge in [-0.25, -0.2) is 4.39 Å². The monoisotopic (exact) mass is 234 g/mol. The van der Waals surface area contributed by atoms with Crippen LogP contribution in [0.1, 0.15) is 25.3 Å². The van der Waals surface area contributed by atoms with Crippen LogP contribution in [0, 0.1) is 17.1 Å². The second-order valence-corrected chi connectivity index (χ2v) is 4.65. The number of anilines is 1. The zero-order chi connectivity index (χ0) is 12.3. The Morgan fingerprint density at radius 2 is 2.35 bits per heavy atom. The van der Waals surface area contributed by atoms with E-state index in [0.29, 0.717) is 17.9 Å². The highest BCUT2D eigenvalue weighted by molar-refractivity contribution is 5.50. The Bertz CT molecular complexity index is 447. The Labute approximate surface area is 100 Å². The summed E-state index contributed by atoms with van der Waals surface area (Å²) in [4.78, 5) is 0. The Balaban J connectivity index is 2.15. The highest BCUT2D eigenvalue weighted by Gasteiger charge is 2.28. The van der Waals surface area contributed by atoms with Gasteiger partial charge in [0.05, 0.1) is 29.5 Å². The van der Waals surface area contributed by atoms with Gasteiger partial charge in [-0.05, 0) is 38.0 Å². The van der Waals surface area contributed by atoms with Crippen molar-refractivity contribution in [3.8, 4) is 6.07 Å². The van der Waals surface area contributed by atoms with Gasteiger partial charge >= 0.3 is 0 Å². The Kier molecular flexibility index (Phi) is 3.30. The average molecular weight is 234 g/mol. The van der Waals surface area contributed by atoms with E-state index in [1.54, 1.807) is 12.1 Å². The van der Waals surface area contributed by atoms with Gasteiger partial charge < -0.3 is 10.1 Å². The zero-order valence-electron chi connectivity index (χ0n) is 9.79. The van der Waals surface area contributed by atoms with Gasteiger partial charge in [-0.15, -0.1) is 0 Å². The molecule has 2 rings (SSSR count). The summed E-state index contributed by atoms with van der Waals surface area (Å²) in [6.45, 7) is 3.36. The van der Waals surface area contributed by atoms with Crippen LogP contribution in [0.2, 0.25) is 0 Å². The normalized spacial score (nSPS) is 24.1. The van der Waals surface area contributed by atoms with Crippen molar-refractivity contribution in [2.45, 2.75) is 25.3 Å². The predicted octanol–water partition coefficient (Wildman–Crippen LogP) is 2.68. The van der Waals surface area contributed by atoms with Crippen LogP contribution in [-0.4, -0.2) is 18.8 Å². The number of ether oxygens (including phenoxy) is 1. The maximum Gasteiger partial charge on any atom is 0.147 e. The third-order valence-corrected chi connectivity index (χ3v) is 2.97. The van der Waals surface area contributed by atoms with Crippen molar-refractivity contribution in [1.82, 2.24) is 0 Å². The van der Waals surface area contributed by atoms with Gasteiger partial charge in [-0.1, -0.05) is 0 Å². The summed E-state index contributed by atoms with van der Waals surface area (Å²) in [6, 6.07) is 6.38. The summed E-state index contributed by atoms with van der Waals surface area (Å²) < 4.78 is 19.1. The summed E-state index contributed by atoms with van der Waals surface area (Å²) in [5, 5.41) is 11.8. The first-order valence-corrected chi connectivity index (χ1v) is 5.69. The molecule has 0 radical (unpaired) electrons. The maximum absolute atomic E-state index is 13.7. The zero-order valence-corrected chi connectivity index (χ0v) is 9.79. The minimum atomic E-state index is -0.393. The maximum atomic E-state index is 13.7. The van der Waals surface area contributed by atoms with E-state index in [4.69, 9.17) is 10.00 Å². The molecular weight excluding hydrogens is 219 g/mol. The molecule has 1 aliphatic rings. The predicted molar refractivity (Wildman–Crippen MR) is 63.2 cm³/mol. The lowest BCUT2D eigenvalue weighted by molar-refractivity contribution is 0.0539. The molecule has 0 bridgehead atoms. The van der Waals surface area contributed by atoms with Crippen LogP contribution >= 0.6 is 0 Å². The number of nitrogens with zero attached hydrogens (tertiary/aromatic N) is 1. The SMILES string of the molecule is CC1(Nc2ccc(C#N)cc2F)CCCOC1. The molecule has 1 unspecified atom stereocenters. The first-order chi connectivity index (χ1) is 8.13. The molecule has 1 atom stereocenters. The van der Waals surface area contributed by atoms with E-state index in [9.17, 15) is 4.39 Å². The van der Waals surface area contributed by atoms with Crippen molar-refractivity contribution in [3.63, 3.8) is 0 Å². The van der Waals surface area contributed by atoms with Crippen LogP contribution in [0.15, 0.2) is 18.2 Å². The lowest BCUT2D eigenvalue weighted by atomic mass is 9.94. The number of benzene rings is 1. The molecule has 0 aromatic heterocycles. The Morgan fingerprint density at radius 3 is 2.94 bits per heavy atom. The van der Waals surface area contributed by atoms with Crippen molar-refractivity contribution < 1.29 is 9.13 Å². The fourth-order valence-corrected chi connectivity index (χ4v) is 2.04. The largest absolute Gasteiger partial charge is 0.379 e. The van der Waals surface area contributed by atoms with Crippen LogP contribution in [0.25, 0.3) is 0 Å². The van der Waals surface area contributed by atoms with E-state index in [1.807, 2.05) is 13.0 Å². The molecule has 1 aliphatic heterocycles. The van der Waals surface area contributed by atoms with Crippen molar-refractivity contribution in [2.24, 2.45) is 0 Å². The summed E-state index contributed by atoms with van der Waals surface area (Å²) in [7, 11) is 0. The molecule has 90 valence electrons. The molecule has 0 aliphatic carbocycles. The van der Waals surface area contributed by atoms with Crippen LogP contribution < -0.4 is 5.32 Å². The molecular formula is C13H15FN2O. The van der Waals surface area contributed by atoms with E-state index in [2.05, 4.69) is 5.32 Å². The van der Waals surface area contributed by atoms with Crippen molar-refractivity contribution in [3.05, 3.63) is 29.6 Å². The molecule has 1 N–H and O–H groups in total. The number of halogens is 1. The molecule has 0 amide bonds. The molecule has 1 heterocycles. The van der Waals surface area contributed by atoms with Gasteiger partial charge in [0, 0.05) is 6.61 Å². The van der Waals surface area contributed by atoms with Gasteiger partial charge in [-0.2, -0.15) is 5.26 Å². The fourth-order valence-electron chi connectivity index (χ4n) is 2.04. The highest BCUT2D eigenvalue weighted by atomic mass is 19.1. The lowest BCUT2D eigenvalue weighted by Gasteiger charge is -2.35. The number of nitrogens with one attached hydrogen (secondary N) is 1. The van der Waals surface area contributed by atoms with Crippen LogP contribution in [0.5, 0.6) is 0 Å². The van der Waals surface area contributed by atoms with Gasteiger partial charge in [0.25, 0.3) is 0 Å². The van der Waals surface area contributed by atoms with Gasteiger partial charge in [0.2, 0.25) is 0 Å². The standard InChI is InChI=1S/C13H15FN2O/c1-13(5-2-6-17-9-13)16-12-4-3-10(8-15)7-11(12)14/h3-4,7,16H,2,5-6,9H2,1H3. The van der Waals surface area contributed by atoms with Crippen molar-refractivity contribution in [2.75, 3.05) is 18.5 Å². The molecule has 1 aromatic carbocycles. The second kappa shape index (κ2) is 4.72. The minimum absolute atomic E-state index is 0.229. The third-order valence-electron chi connectivity index (χ3n) is 2.97. The van der Waals surface area contributed by atoms with E-state index in [0.717, 1.165) is 19.4 Å². The topological polar surface area (TPSA) is 45.0 Å². The van der Waals surface area contributed by atoms with Crippen molar-refractivity contribution in [1.29, 1.82) is 5.26 Å². The first-order valence-electron chi connectivity index (χ1n) is 5.69. The van der Waals surface area contributed by atoms with Crippen LogP contribution in [-0.2, 0) is 4.74 Å². The highest BCUT2D eigenvalue weighted by Crippen LogP contribution is 2.26. The van der Waals surface area contributed by atoms with Crippen LogP contribution in [0.4, 0.5) is 10.1 Å². The first kappa shape index (κ1) is 11.9. The number of rotatable bonds is 2.